The molecule has 0 saturated carbocycles. The lowest BCUT2D eigenvalue weighted by Crippen LogP contribution is -2.44. The third-order valence-corrected chi connectivity index (χ3v) is 3.56. The summed E-state index contributed by atoms with van der Waals surface area (Å²) in [7, 11) is 0. The maximum absolute atomic E-state index is 4.61. The van der Waals surface area contributed by atoms with Crippen LogP contribution in [0, 0.1) is 0 Å². The average molecular weight is 320 g/mol. The molecule has 1 aromatic carbocycles. The number of rotatable bonds is 2. The van der Waals surface area contributed by atoms with E-state index in [1.807, 2.05) is 24.3 Å². The largest absolute Gasteiger partial charge is 0.353 e. The van der Waals surface area contributed by atoms with E-state index in [2.05, 4.69) is 41.3 Å². The standard InChI is InChI=1S/C13H14BrN5/c14-11-3-1-2-10(8-11)13-17-12(9-16-18-13)19-6-4-15-5-7-19/h1-3,8-9,15H,4-7H2. The second-order valence-electron chi connectivity index (χ2n) is 4.39. The summed E-state index contributed by atoms with van der Waals surface area (Å²) < 4.78 is 1.01. The topological polar surface area (TPSA) is 53.9 Å². The second kappa shape index (κ2) is 5.63. The Morgan fingerprint density at radius 2 is 2.05 bits per heavy atom. The molecule has 1 fully saturated rings. The molecule has 0 atom stereocenters. The molecule has 19 heavy (non-hydrogen) atoms. The van der Waals surface area contributed by atoms with Crippen molar-refractivity contribution in [1.82, 2.24) is 20.5 Å². The first-order valence-corrected chi connectivity index (χ1v) is 7.03. The van der Waals surface area contributed by atoms with Crippen LogP contribution >= 0.6 is 15.9 Å². The van der Waals surface area contributed by atoms with E-state index in [1.54, 1.807) is 6.20 Å². The van der Waals surface area contributed by atoms with Crippen molar-refractivity contribution in [3.63, 3.8) is 0 Å². The van der Waals surface area contributed by atoms with Crippen LogP contribution < -0.4 is 10.2 Å². The molecule has 2 heterocycles. The fourth-order valence-electron chi connectivity index (χ4n) is 2.09. The van der Waals surface area contributed by atoms with Crippen molar-refractivity contribution in [2.75, 3.05) is 31.1 Å². The number of halogens is 1. The summed E-state index contributed by atoms with van der Waals surface area (Å²) in [5.41, 5.74) is 0.971. The van der Waals surface area contributed by atoms with Crippen molar-refractivity contribution >= 4 is 21.7 Å². The van der Waals surface area contributed by atoms with Gasteiger partial charge in [0.2, 0.25) is 0 Å². The second-order valence-corrected chi connectivity index (χ2v) is 5.30. The Hall–Kier alpha value is -1.53. The van der Waals surface area contributed by atoms with Crippen LogP contribution in [0.15, 0.2) is 34.9 Å². The number of benzene rings is 1. The number of aromatic nitrogens is 3. The lowest BCUT2D eigenvalue weighted by atomic mass is 10.2. The highest BCUT2D eigenvalue weighted by atomic mass is 79.9. The Morgan fingerprint density at radius 3 is 2.84 bits per heavy atom. The molecule has 1 aliphatic rings. The van der Waals surface area contributed by atoms with E-state index in [9.17, 15) is 0 Å². The molecule has 2 aromatic rings. The summed E-state index contributed by atoms with van der Waals surface area (Å²) >= 11 is 3.46. The molecular weight excluding hydrogens is 306 g/mol. The molecule has 1 saturated heterocycles. The van der Waals surface area contributed by atoms with E-state index in [4.69, 9.17) is 0 Å². The van der Waals surface area contributed by atoms with Gasteiger partial charge in [-0.25, -0.2) is 4.98 Å². The summed E-state index contributed by atoms with van der Waals surface area (Å²) in [4.78, 5) is 6.84. The Bertz CT molecular complexity index is 568. The Morgan fingerprint density at radius 1 is 1.21 bits per heavy atom. The molecule has 0 unspecified atom stereocenters. The van der Waals surface area contributed by atoms with E-state index in [0.717, 1.165) is 42.0 Å². The average Bonchev–Trinajstić information content (AvgIpc) is 2.48. The summed E-state index contributed by atoms with van der Waals surface area (Å²) in [5, 5.41) is 11.5. The highest BCUT2D eigenvalue weighted by Gasteiger charge is 2.13. The number of nitrogens with one attached hydrogen (secondary N) is 1. The van der Waals surface area contributed by atoms with Crippen LogP contribution in [0.1, 0.15) is 0 Å². The maximum atomic E-state index is 4.61. The fraction of sp³-hybridized carbons (Fsp3) is 0.308. The van der Waals surface area contributed by atoms with Crippen LogP contribution in [0.5, 0.6) is 0 Å². The monoisotopic (exact) mass is 319 g/mol. The van der Waals surface area contributed by atoms with Crippen LogP contribution in [0.3, 0.4) is 0 Å². The predicted octanol–water partition coefficient (Wildman–Crippen LogP) is 1.71. The Balaban J connectivity index is 1.91. The number of hydrogen-bond donors (Lipinski definition) is 1. The molecule has 0 spiro atoms. The molecule has 1 aromatic heterocycles. The zero-order chi connectivity index (χ0) is 13.1. The number of nitrogens with zero attached hydrogens (tertiary/aromatic N) is 4. The highest BCUT2D eigenvalue weighted by molar-refractivity contribution is 9.10. The van der Waals surface area contributed by atoms with Crippen molar-refractivity contribution in [3.05, 3.63) is 34.9 Å². The molecule has 1 aliphatic heterocycles. The fourth-order valence-corrected chi connectivity index (χ4v) is 2.49. The van der Waals surface area contributed by atoms with Crippen LogP contribution in [-0.4, -0.2) is 41.4 Å². The lowest BCUT2D eigenvalue weighted by molar-refractivity contribution is 0.583. The van der Waals surface area contributed by atoms with E-state index < -0.39 is 0 Å². The summed E-state index contributed by atoms with van der Waals surface area (Å²) in [6.07, 6.45) is 1.73. The van der Waals surface area contributed by atoms with Gasteiger partial charge in [-0.3, -0.25) is 0 Å². The van der Waals surface area contributed by atoms with E-state index in [1.165, 1.54) is 0 Å². The van der Waals surface area contributed by atoms with Gasteiger partial charge < -0.3 is 10.2 Å². The molecule has 0 amide bonds. The molecular formula is C13H14BrN5. The van der Waals surface area contributed by atoms with Gasteiger partial charge in [0.25, 0.3) is 0 Å². The first kappa shape index (κ1) is 12.5. The molecule has 6 heteroatoms. The van der Waals surface area contributed by atoms with Gasteiger partial charge in [0.15, 0.2) is 11.6 Å². The first-order chi connectivity index (χ1) is 9.33. The van der Waals surface area contributed by atoms with Crippen molar-refractivity contribution in [1.29, 1.82) is 0 Å². The normalized spacial score (nSPS) is 15.5. The molecule has 3 rings (SSSR count). The van der Waals surface area contributed by atoms with Crippen LogP contribution in [-0.2, 0) is 0 Å². The predicted molar refractivity (Wildman–Crippen MR) is 78.0 cm³/mol. The summed E-state index contributed by atoms with van der Waals surface area (Å²) in [5.74, 6) is 1.56. The smallest absolute Gasteiger partial charge is 0.183 e. The quantitative estimate of drug-likeness (QED) is 0.913. The van der Waals surface area contributed by atoms with Gasteiger partial charge >= 0.3 is 0 Å². The zero-order valence-corrected chi connectivity index (χ0v) is 12.0. The highest BCUT2D eigenvalue weighted by Crippen LogP contribution is 2.21. The Kier molecular flexibility index (Phi) is 3.70. The molecule has 1 N–H and O–H groups in total. The van der Waals surface area contributed by atoms with Gasteiger partial charge in [-0.15, -0.1) is 5.10 Å². The maximum Gasteiger partial charge on any atom is 0.183 e. The number of hydrogen-bond acceptors (Lipinski definition) is 5. The van der Waals surface area contributed by atoms with Crippen LogP contribution in [0.2, 0.25) is 0 Å². The summed E-state index contributed by atoms with van der Waals surface area (Å²) in [6, 6.07) is 7.94. The van der Waals surface area contributed by atoms with Crippen molar-refractivity contribution in [3.8, 4) is 11.4 Å². The van der Waals surface area contributed by atoms with Gasteiger partial charge in [0, 0.05) is 36.2 Å². The third-order valence-electron chi connectivity index (χ3n) is 3.07. The van der Waals surface area contributed by atoms with E-state index >= 15 is 0 Å². The molecule has 0 bridgehead atoms. The Labute approximate surface area is 120 Å². The van der Waals surface area contributed by atoms with Crippen molar-refractivity contribution in [2.24, 2.45) is 0 Å². The minimum Gasteiger partial charge on any atom is -0.353 e. The molecule has 98 valence electrons. The first-order valence-electron chi connectivity index (χ1n) is 6.24. The SMILES string of the molecule is Brc1cccc(-c2nncc(N3CCNCC3)n2)c1. The minimum absolute atomic E-state index is 0.664. The van der Waals surface area contributed by atoms with E-state index in [0.29, 0.717) is 5.82 Å². The lowest BCUT2D eigenvalue weighted by Gasteiger charge is -2.28. The molecule has 5 nitrogen and oxygen atoms in total. The van der Waals surface area contributed by atoms with Gasteiger partial charge in [0.1, 0.15) is 0 Å². The van der Waals surface area contributed by atoms with Gasteiger partial charge in [0.05, 0.1) is 6.20 Å². The summed E-state index contributed by atoms with van der Waals surface area (Å²) in [6.45, 7) is 3.87. The van der Waals surface area contributed by atoms with Crippen LogP contribution in [0.4, 0.5) is 5.82 Å². The van der Waals surface area contributed by atoms with Gasteiger partial charge in [-0.05, 0) is 12.1 Å². The van der Waals surface area contributed by atoms with Crippen molar-refractivity contribution in [2.45, 2.75) is 0 Å². The number of piperazine rings is 1. The van der Waals surface area contributed by atoms with Gasteiger partial charge in [-0.1, -0.05) is 28.1 Å². The third kappa shape index (κ3) is 2.90. The van der Waals surface area contributed by atoms with Crippen LogP contribution in [0.25, 0.3) is 11.4 Å². The zero-order valence-electron chi connectivity index (χ0n) is 10.4. The molecule has 0 radical (unpaired) electrons. The number of anilines is 1. The van der Waals surface area contributed by atoms with Gasteiger partial charge in [-0.2, -0.15) is 5.10 Å². The molecule has 0 aliphatic carbocycles. The van der Waals surface area contributed by atoms with E-state index in [-0.39, 0.29) is 0 Å². The van der Waals surface area contributed by atoms with Crippen molar-refractivity contribution < 1.29 is 0 Å². The minimum atomic E-state index is 0.664.